The summed E-state index contributed by atoms with van der Waals surface area (Å²) >= 11 is 4.24. The average Bonchev–Trinajstić information content (AvgIpc) is 3.20. The van der Waals surface area contributed by atoms with Gasteiger partial charge in [0.05, 0.1) is 16.0 Å². The Bertz CT molecular complexity index is 1530. The average molecular weight is 643 g/mol. The molecule has 0 bridgehead atoms. The number of fused-ring (bicyclic) bond motifs is 1. The molecular weight excluding hydrogens is 619 g/mol. The number of nitrogens with zero attached hydrogens (tertiary/aromatic N) is 1. The lowest BCUT2D eigenvalue weighted by Gasteiger charge is -2.19. The van der Waals surface area contributed by atoms with Crippen LogP contribution < -0.4 is 24.3 Å². The topological polar surface area (TPSA) is 103 Å². The second-order valence-corrected chi connectivity index (χ2v) is 10.7. The summed E-state index contributed by atoms with van der Waals surface area (Å²) < 4.78 is 36.5. The Hall–Kier alpha value is -4.03. The summed E-state index contributed by atoms with van der Waals surface area (Å²) in [6, 6.07) is 14.4. The fourth-order valence-corrected chi connectivity index (χ4v) is 5.48. The molecule has 2 aliphatic heterocycles. The second-order valence-electron chi connectivity index (χ2n) is 8.85. The Morgan fingerprint density at radius 1 is 1.07 bits per heavy atom. The summed E-state index contributed by atoms with van der Waals surface area (Å²) in [5, 5.41) is 2.13. The van der Waals surface area contributed by atoms with Crippen LogP contribution in [0, 0.1) is 5.82 Å². The number of halogens is 2. The summed E-state index contributed by atoms with van der Waals surface area (Å²) in [6.07, 6.45) is 1.56. The maximum Gasteiger partial charge on any atom is 0.294 e. The number of hydrogen-bond donors (Lipinski definition) is 1. The minimum atomic E-state index is -0.581. The molecule has 12 heteroatoms. The van der Waals surface area contributed by atoms with Crippen LogP contribution >= 0.6 is 27.7 Å². The van der Waals surface area contributed by atoms with Crippen LogP contribution in [-0.4, -0.2) is 48.3 Å². The molecule has 1 fully saturated rings. The number of anilines is 1. The van der Waals surface area contributed by atoms with Gasteiger partial charge in [-0.25, -0.2) is 4.39 Å². The van der Waals surface area contributed by atoms with Crippen molar-refractivity contribution in [1.82, 2.24) is 4.90 Å². The first-order chi connectivity index (χ1) is 19.8. The zero-order chi connectivity index (χ0) is 28.9. The highest BCUT2D eigenvalue weighted by Gasteiger charge is 2.36. The second kappa shape index (κ2) is 12.6. The Kier molecular flexibility index (Phi) is 8.79. The van der Waals surface area contributed by atoms with Crippen molar-refractivity contribution < 1.29 is 37.7 Å². The van der Waals surface area contributed by atoms with Crippen LogP contribution in [0.3, 0.4) is 0 Å². The molecule has 3 aromatic rings. The van der Waals surface area contributed by atoms with Crippen molar-refractivity contribution >= 4 is 56.5 Å². The van der Waals surface area contributed by atoms with E-state index in [1.807, 2.05) is 6.92 Å². The highest BCUT2D eigenvalue weighted by molar-refractivity contribution is 9.10. The number of rotatable bonds is 9. The molecule has 0 unspecified atom stereocenters. The smallest absolute Gasteiger partial charge is 0.294 e. The number of carbonyl (C=O) groups is 3. The normalized spacial score (nSPS) is 15.3. The molecule has 0 saturated carbocycles. The van der Waals surface area contributed by atoms with E-state index in [-0.39, 0.29) is 17.3 Å². The molecule has 1 N–H and O–H groups in total. The van der Waals surface area contributed by atoms with E-state index in [0.29, 0.717) is 58.5 Å². The lowest BCUT2D eigenvalue weighted by molar-refractivity contribution is -0.127. The van der Waals surface area contributed by atoms with E-state index in [4.69, 9.17) is 18.9 Å². The first-order valence-electron chi connectivity index (χ1n) is 12.6. The van der Waals surface area contributed by atoms with Gasteiger partial charge >= 0.3 is 0 Å². The van der Waals surface area contributed by atoms with Crippen LogP contribution in [0.4, 0.5) is 14.9 Å². The molecule has 9 nitrogen and oxygen atoms in total. The largest absolute Gasteiger partial charge is 0.490 e. The van der Waals surface area contributed by atoms with Crippen molar-refractivity contribution in [2.24, 2.45) is 0 Å². The highest BCUT2D eigenvalue weighted by atomic mass is 79.9. The predicted octanol–water partition coefficient (Wildman–Crippen LogP) is 6.01. The number of ether oxygens (including phenoxy) is 4. The van der Waals surface area contributed by atoms with Gasteiger partial charge in [0.25, 0.3) is 11.1 Å². The number of thioether (sulfide) groups is 1. The summed E-state index contributed by atoms with van der Waals surface area (Å²) in [5.41, 5.74) is 1.81. The molecule has 0 atom stereocenters. The van der Waals surface area contributed by atoms with Gasteiger partial charge in [0, 0.05) is 11.8 Å². The molecule has 41 heavy (non-hydrogen) atoms. The third-order valence-electron chi connectivity index (χ3n) is 5.93. The van der Waals surface area contributed by atoms with Crippen LogP contribution in [0.25, 0.3) is 6.08 Å². The molecule has 0 aromatic heterocycles. The van der Waals surface area contributed by atoms with Crippen molar-refractivity contribution in [2.75, 3.05) is 31.7 Å². The lowest BCUT2D eigenvalue weighted by atomic mass is 10.1. The van der Waals surface area contributed by atoms with E-state index in [2.05, 4.69) is 21.2 Å². The molecule has 212 valence electrons. The minimum absolute atomic E-state index is 0.163. The highest BCUT2D eigenvalue weighted by Crippen LogP contribution is 2.40. The molecule has 2 aliphatic rings. The summed E-state index contributed by atoms with van der Waals surface area (Å²) in [4.78, 5) is 39.4. The van der Waals surface area contributed by atoms with Gasteiger partial charge in [0.1, 0.15) is 32.2 Å². The van der Waals surface area contributed by atoms with Gasteiger partial charge in [0.2, 0.25) is 5.91 Å². The first-order valence-corrected chi connectivity index (χ1v) is 14.2. The molecule has 0 spiro atoms. The van der Waals surface area contributed by atoms with Crippen LogP contribution in [0.2, 0.25) is 0 Å². The van der Waals surface area contributed by atoms with Crippen LogP contribution in [0.1, 0.15) is 18.1 Å². The Balaban J connectivity index is 1.27. The number of hydrogen-bond acceptors (Lipinski definition) is 8. The fraction of sp³-hybridized carbons (Fsp3) is 0.207. The standard InChI is InChI=1S/C29H24BrFN2O7S/c1-2-37-24-12-18(11-21(30)27(24)40-16-17-3-5-19(31)6-4-17)13-25-28(35)33(29(36)41-25)15-26(34)32-20-7-8-22-23(14-20)39-10-9-38-22/h3-8,11-14H,2,9-10,15-16H2,1H3,(H,32,34)/b25-13-. The van der Waals surface area contributed by atoms with E-state index >= 15 is 0 Å². The fourth-order valence-electron chi connectivity index (χ4n) is 4.06. The monoisotopic (exact) mass is 642 g/mol. The van der Waals surface area contributed by atoms with Crippen LogP contribution in [-0.2, 0) is 16.2 Å². The Morgan fingerprint density at radius 3 is 2.59 bits per heavy atom. The SMILES string of the molecule is CCOc1cc(/C=C2\SC(=O)N(CC(=O)Nc3ccc4c(c3)OCCO4)C2=O)cc(Br)c1OCc1ccc(F)cc1. The molecule has 0 radical (unpaired) electrons. The Labute approximate surface area is 247 Å². The molecule has 0 aliphatic carbocycles. The molecule has 3 amide bonds. The van der Waals surface area contributed by atoms with Crippen molar-refractivity contribution in [2.45, 2.75) is 13.5 Å². The molecule has 5 rings (SSSR count). The van der Waals surface area contributed by atoms with Crippen LogP contribution in [0.15, 0.2) is 64.0 Å². The van der Waals surface area contributed by atoms with E-state index in [1.165, 1.54) is 12.1 Å². The molecule has 3 aromatic carbocycles. The maximum atomic E-state index is 13.2. The minimum Gasteiger partial charge on any atom is -0.490 e. The van der Waals surface area contributed by atoms with E-state index in [9.17, 15) is 18.8 Å². The van der Waals surface area contributed by atoms with Crippen molar-refractivity contribution in [3.63, 3.8) is 0 Å². The lowest BCUT2D eigenvalue weighted by Crippen LogP contribution is -2.36. The first kappa shape index (κ1) is 28.5. The summed E-state index contributed by atoms with van der Waals surface area (Å²) in [5.74, 6) is 0.506. The van der Waals surface area contributed by atoms with Crippen LogP contribution in [0.5, 0.6) is 23.0 Å². The number of amides is 3. The zero-order valence-corrected chi connectivity index (χ0v) is 24.2. The number of benzene rings is 3. The van der Waals surface area contributed by atoms with Crippen molar-refractivity contribution in [3.05, 3.63) is 80.9 Å². The predicted molar refractivity (Wildman–Crippen MR) is 155 cm³/mol. The zero-order valence-electron chi connectivity index (χ0n) is 21.8. The summed E-state index contributed by atoms with van der Waals surface area (Å²) in [7, 11) is 0. The third kappa shape index (κ3) is 6.83. The van der Waals surface area contributed by atoms with Crippen molar-refractivity contribution in [1.29, 1.82) is 0 Å². The molecule has 1 saturated heterocycles. The van der Waals surface area contributed by atoms with Gasteiger partial charge in [-0.05, 0) is 88.2 Å². The van der Waals surface area contributed by atoms with Gasteiger partial charge < -0.3 is 24.3 Å². The van der Waals surface area contributed by atoms with Crippen molar-refractivity contribution in [3.8, 4) is 23.0 Å². The van der Waals surface area contributed by atoms with Gasteiger partial charge in [-0.15, -0.1) is 0 Å². The van der Waals surface area contributed by atoms with E-state index in [1.54, 1.807) is 48.5 Å². The number of imide groups is 1. The van der Waals surface area contributed by atoms with Gasteiger partial charge in [-0.2, -0.15) is 0 Å². The Morgan fingerprint density at radius 2 is 1.83 bits per heavy atom. The third-order valence-corrected chi connectivity index (χ3v) is 7.42. The van der Waals surface area contributed by atoms with Gasteiger partial charge in [-0.1, -0.05) is 12.1 Å². The van der Waals surface area contributed by atoms with E-state index in [0.717, 1.165) is 22.2 Å². The number of carbonyl (C=O) groups excluding carboxylic acids is 3. The molecule has 2 heterocycles. The van der Waals surface area contributed by atoms with Gasteiger partial charge in [0.15, 0.2) is 23.0 Å². The molecular formula is C29H24BrFN2O7S. The maximum absolute atomic E-state index is 13.2. The summed E-state index contributed by atoms with van der Waals surface area (Å²) in [6.45, 7) is 2.78. The number of nitrogens with one attached hydrogen (secondary N) is 1. The van der Waals surface area contributed by atoms with Gasteiger partial charge in [-0.3, -0.25) is 19.3 Å². The quantitative estimate of drug-likeness (QED) is 0.283. The van der Waals surface area contributed by atoms with E-state index < -0.39 is 23.6 Å².